The number of hydrogen-bond donors (Lipinski definition) is 4. The molecule has 2 aromatic carbocycles. The summed E-state index contributed by atoms with van der Waals surface area (Å²) >= 11 is 0. The van der Waals surface area contributed by atoms with Crippen molar-refractivity contribution in [2.75, 3.05) is 13.6 Å². The Morgan fingerprint density at radius 2 is 1.80 bits per heavy atom. The van der Waals surface area contributed by atoms with E-state index in [1.54, 1.807) is 13.2 Å². The van der Waals surface area contributed by atoms with Crippen LogP contribution in [0.25, 0.3) is 16.7 Å². The lowest BCUT2D eigenvalue weighted by Gasteiger charge is -2.19. The van der Waals surface area contributed by atoms with Gasteiger partial charge in [-0.1, -0.05) is 62.4 Å². The summed E-state index contributed by atoms with van der Waals surface area (Å²) in [4.78, 5) is 20.7. The van der Waals surface area contributed by atoms with Crippen LogP contribution in [0.15, 0.2) is 76.7 Å². The van der Waals surface area contributed by atoms with Gasteiger partial charge in [0.15, 0.2) is 0 Å². The quantitative estimate of drug-likeness (QED) is 0.339. The van der Waals surface area contributed by atoms with Gasteiger partial charge in [0.05, 0.1) is 12.0 Å². The fourth-order valence-electron chi connectivity index (χ4n) is 4.41. The van der Waals surface area contributed by atoms with E-state index >= 15 is 0 Å². The van der Waals surface area contributed by atoms with Crippen LogP contribution in [0.5, 0.6) is 0 Å². The van der Waals surface area contributed by atoms with Gasteiger partial charge in [0, 0.05) is 30.7 Å². The lowest BCUT2D eigenvalue weighted by atomic mass is 9.93. The van der Waals surface area contributed by atoms with Gasteiger partial charge >= 0.3 is 5.97 Å². The second-order valence-electron chi connectivity index (χ2n) is 9.51. The lowest BCUT2D eigenvalue weighted by molar-refractivity contribution is -0.140. The maximum atomic E-state index is 11.6. The monoisotopic (exact) mass is 471 g/mol. The van der Waals surface area contributed by atoms with Crippen molar-refractivity contribution in [3.8, 4) is 11.1 Å². The van der Waals surface area contributed by atoms with E-state index in [0.717, 1.165) is 46.5 Å². The maximum Gasteiger partial charge on any atom is 0.314 e. The number of aliphatic imine (C=N–C) groups is 2. The Hall–Kier alpha value is -3.87. The molecule has 0 bridgehead atoms. The zero-order valence-corrected chi connectivity index (χ0v) is 20.5. The summed E-state index contributed by atoms with van der Waals surface area (Å²) in [6, 6.07) is 15.9. The third-order valence-corrected chi connectivity index (χ3v) is 6.49. The Kier molecular flexibility index (Phi) is 7.05. The lowest BCUT2D eigenvalue weighted by Crippen LogP contribution is -2.31. The number of amidine groups is 1. The number of carboxylic acids is 1. The summed E-state index contributed by atoms with van der Waals surface area (Å²) in [5, 5.41) is 16.1. The highest BCUT2D eigenvalue weighted by atomic mass is 16.4. The molecule has 0 radical (unpaired) electrons. The molecule has 1 saturated carbocycles. The standard InChI is InChI=1S/C28H33N5O2/c1-18(2)14-23-16-31-17-25(32-23)33-26(30-3)24(15-29)21-6-4-19(5-7-21)20-8-10-22(11-9-20)28(12-13-28)27(34)35/h4-11,15,17-18,31H,12-14,16,29H2,1-3H3,(H,30,33)(H,34,35). The molecule has 0 unspecified atom stereocenters. The van der Waals surface area contributed by atoms with Gasteiger partial charge in [0.1, 0.15) is 11.7 Å². The van der Waals surface area contributed by atoms with Crippen molar-refractivity contribution in [2.24, 2.45) is 21.6 Å². The third-order valence-electron chi connectivity index (χ3n) is 6.49. The minimum Gasteiger partial charge on any atom is -0.481 e. The molecule has 1 aliphatic carbocycles. The predicted octanol–water partition coefficient (Wildman–Crippen LogP) is 4.28. The fraction of sp³-hybridized carbons (Fsp3) is 0.321. The van der Waals surface area contributed by atoms with E-state index in [-0.39, 0.29) is 0 Å². The molecule has 0 aromatic heterocycles. The van der Waals surface area contributed by atoms with Crippen molar-refractivity contribution in [2.45, 2.75) is 38.5 Å². The van der Waals surface area contributed by atoms with Crippen molar-refractivity contribution in [1.29, 1.82) is 0 Å². The molecule has 5 N–H and O–H groups in total. The summed E-state index contributed by atoms with van der Waals surface area (Å²) < 4.78 is 0. The van der Waals surface area contributed by atoms with Gasteiger partial charge in [0.2, 0.25) is 0 Å². The topological polar surface area (TPSA) is 112 Å². The fourth-order valence-corrected chi connectivity index (χ4v) is 4.41. The highest BCUT2D eigenvalue weighted by Crippen LogP contribution is 2.48. The molecule has 7 nitrogen and oxygen atoms in total. The molecule has 2 aromatic rings. The molecule has 1 heterocycles. The third kappa shape index (κ3) is 5.29. The number of benzene rings is 2. The number of rotatable bonds is 8. The average Bonchev–Trinajstić information content (AvgIpc) is 3.67. The van der Waals surface area contributed by atoms with Crippen molar-refractivity contribution in [1.82, 2.24) is 10.6 Å². The highest BCUT2D eigenvalue weighted by molar-refractivity contribution is 6.23. The smallest absolute Gasteiger partial charge is 0.314 e. The van der Waals surface area contributed by atoms with Crippen LogP contribution in [-0.4, -0.2) is 36.2 Å². The van der Waals surface area contributed by atoms with E-state index in [1.165, 1.54) is 0 Å². The minimum absolute atomic E-state index is 0.537. The van der Waals surface area contributed by atoms with E-state index in [9.17, 15) is 9.90 Å². The number of carbonyl (C=O) groups is 1. The molecule has 4 rings (SSSR count). The molecule has 0 amide bonds. The minimum atomic E-state index is -0.737. The van der Waals surface area contributed by atoms with Crippen molar-refractivity contribution >= 4 is 23.1 Å². The van der Waals surface area contributed by atoms with Crippen LogP contribution >= 0.6 is 0 Å². The Balaban J connectivity index is 1.49. The molecule has 1 fully saturated rings. The van der Waals surface area contributed by atoms with Crippen LogP contribution in [0.2, 0.25) is 0 Å². The molecule has 182 valence electrons. The maximum absolute atomic E-state index is 11.6. The largest absolute Gasteiger partial charge is 0.481 e. The Bertz CT molecular complexity index is 1200. The average molecular weight is 472 g/mol. The summed E-state index contributed by atoms with van der Waals surface area (Å²) in [7, 11) is 1.72. The molecule has 0 saturated heterocycles. The molecule has 35 heavy (non-hydrogen) atoms. The summed E-state index contributed by atoms with van der Waals surface area (Å²) in [5.41, 5.74) is 11.1. The van der Waals surface area contributed by atoms with E-state index in [0.29, 0.717) is 30.4 Å². The van der Waals surface area contributed by atoms with Gasteiger partial charge in [0.25, 0.3) is 0 Å². The molecule has 1 aliphatic heterocycles. The molecular formula is C28H33N5O2. The summed E-state index contributed by atoms with van der Waals surface area (Å²) in [6.07, 6.45) is 5.75. The first-order valence-corrected chi connectivity index (χ1v) is 12.0. The predicted molar refractivity (Wildman–Crippen MR) is 142 cm³/mol. The molecule has 2 aliphatic rings. The first-order chi connectivity index (χ1) is 16.9. The summed E-state index contributed by atoms with van der Waals surface area (Å²) in [5.74, 6) is 1.14. The highest BCUT2D eigenvalue weighted by Gasteiger charge is 2.51. The zero-order chi connectivity index (χ0) is 25.0. The first kappa shape index (κ1) is 24.3. The van der Waals surface area contributed by atoms with Crippen LogP contribution in [0.4, 0.5) is 0 Å². The number of nitrogens with zero attached hydrogens (tertiary/aromatic N) is 2. The Morgan fingerprint density at radius 1 is 1.17 bits per heavy atom. The molecule has 0 spiro atoms. The van der Waals surface area contributed by atoms with Gasteiger partial charge in [-0.05, 0) is 47.4 Å². The zero-order valence-electron chi connectivity index (χ0n) is 20.5. The van der Waals surface area contributed by atoms with Gasteiger partial charge in [-0.3, -0.25) is 9.79 Å². The Morgan fingerprint density at radius 3 is 2.31 bits per heavy atom. The van der Waals surface area contributed by atoms with E-state index in [1.807, 2.05) is 54.7 Å². The summed E-state index contributed by atoms with van der Waals surface area (Å²) in [6.45, 7) is 5.11. The normalized spacial score (nSPS) is 17.4. The molecular weight excluding hydrogens is 438 g/mol. The van der Waals surface area contributed by atoms with Crippen LogP contribution < -0.4 is 16.4 Å². The van der Waals surface area contributed by atoms with Gasteiger partial charge in [-0.2, -0.15) is 0 Å². The number of nitrogens with two attached hydrogens (primary N) is 1. The Labute approximate surface area is 206 Å². The van der Waals surface area contributed by atoms with Crippen LogP contribution in [-0.2, 0) is 10.2 Å². The van der Waals surface area contributed by atoms with Crippen molar-refractivity contribution < 1.29 is 9.90 Å². The number of hydrogen-bond acceptors (Lipinski definition) is 5. The van der Waals surface area contributed by atoms with Gasteiger partial charge in [-0.25, -0.2) is 4.99 Å². The molecule has 7 heteroatoms. The first-order valence-electron chi connectivity index (χ1n) is 12.0. The van der Waals surface area contributed by atoms with Crippen molar-refractivity contribution in [3.05, 3.63) is 77.9 Å². The number of carboxylic acid groups (broad SMARTS) is 1. The second-order valence-corrected chi connectivity index (χ2v) is 9.51. The van der Waals surface area contributed by atoms with Crippen LogP contribution in [0, 0.1) is 5.92 Å². The van der Waals surface area contributed by atoms with E-state index < -0.39 is 11.4 Å². The second kappa shape index (κ2) is 10.2. The number of aliphatic carboxylic acids is 1. The molecule has 0 atom stereocenters. The van der Waals surface area contributed by atoms with Crippen LogP contribution in [0.3, 0.4) is 0 Å². The van der Waals surface area contributed by atoms with E-state index in [4.69, 9.17) is 10.7 Å². The SMILES string of the molecule is CN=C(NC1=CNCC(CC(C)C)=N1)C(=CN)c1ccc(-c2ccc(C3(C(=O)O)CC3)cc2)cc1. The number of nitrogens with one attached hydrogen (secondary N) is 2. The van der Waals surface area contributed by atoms with Gasteiger partial charge in [-0.15, -0.1) is 0 Å². The van der Waals surface area contributed by atoms with E-state index in [2.05, 4.69) is 29.5 Å². The van der Waals surface area contributed by atoms with Crippen molar-refractivity contribution in [3.63, 3.8) is 0 Å². The van der Waals surface area contributed by atoms with Gasteiger partial charge < -0.3 is 21.5 Å². The van der Waals surface area contributed by atoms with Crippen LogP contribution in [0.1, 0.15) is 44.2 Å².